The van der Waals surface area contributed by atoms with Gasteiger partial charge in [0.15, 0.2) is 0 Å². The van der Waals surface area contributed by atoms with Gasteiger partial charge < -0.3 is 15.5 Å². The quantitative estimate of drug-likeness (QED) is 0.786. The van der Waals surface area contributed by atoms with Gasteiger partial charge in [-0.05, 0) is 38.8 Å². The summed E-state index contributed by atoms with van der Waals surface area (Å²) < 4.78 is 0.772. The molecule has 7 heteroatoms. The maximum atomic E-state index is 12.2. The fourth-order valence-electron chi connectivity index (χ4n) is 2.43. The molecule has 24 heavy (non-hydrogen) atoms. The number of carbonyl (C=O) groups is 2. The minimum atomic E-state index is -0.193. The topological polar surface area (TPSA) is 61.4 Å². The van der Waals surface area contributed by atoms with Crippen molar-refractivity contribution in [3.05, 3.63) is 29.8 Å². The molecule has 0 bridgehead atoms. The summed E-state index contributed by atoms with van der Waals surface area (Å²) in [6.07, 6.45) is 2.32. The van der Waals surface area contributed by atoms with Crippen molar-refractivity contribution in [1.29, 1.82) is 0 Å². The molecule has 1 aliphatic heterocycles. The van der Waals surface area contributed by atoms with Gasteiger partial charge in [-0.1, -0.05) is 36.1 Å². The summed E-state index contributed by atoms with van der Waals surface area (Å²) in [5.41, 5.74) is 0.986. The van der Waals surface area contributed by atoms with Crippen LogP contribution >= 0.6 is 24.0 Å². The van der Waals surface area contributed by atoms with Crippen LogP contribution in [0.25, 0.3) is 0 Å². The van der Waals surface area contributed by atoms with Crippen molar-refractivity contribution in [2.24, 2.45) is 0 Å². The maximum Gasteiger partial charge on any atom is 0.253 e. The van der Waals surface area contributed by atoms with Crippen LogP contribution in [0.15, 0.2) is 24.3 Å². The molecule has 1 aliphatic rings. The van der Waals surface area contributed by atoms with E-state index in [1.54, 1.807) is 24.3 Å². The van der Waals surface area contributed by atoms with E-state index < -0.39 is 0 Å². The molecule has 5 nitrogen and oxygen atoms in total. The predicted molar refractivity (Wildman–Crippen MR) is 104 cm³/mol. The molecule has 1 aromatic carbocycles. The monoisotopic (exact) mass is 365 g/mol. The first-order valence-electron chi connectivity index (χ1n) is 8.09. The van der Waals surface area contributed by atoms with Gasteiger partial charge in [-0.3, -0.25) is 9.59 Å². The van der Waals surface area contributed by atoms with Crippen LogP contribution in [-0.2, 0) is 4.79 Å². The SMILES string of the molecule is CC(C)NC(=O)c1ccccc1NC(=O)CSC(=S)N1CCCC1. The number of thioether (sulfide) groups is 1. The van der Waals surface area contributed by atoms with Gasteiger partial charge in [0.05, 0.1) is 17.0 Å². The molecule has 1 heterocycles. The first-order valence-corrected chi connectivity index (χ1v) is 9.48. The van der Waals surface area contributed by atoms with Gasteiger partial charge in [-0.25, -0.2) is 0 Å². The molecule has 0 saturated carbocycles. The molecule has 130 valence electrons. The molecule has 0 unspecified atom stereocenters. The third-order valence-electron chi connectivity index (χ3n) is 3.56. The molecule has 0 radical (unpaired) electrons. The van der Waals surface area contributed by atoms with Gasteiger partial charge in [0.1, 0.15) is 4.32 Å². The summed E-state index contributed by atoms with van der Waals surface area (Å²) >= 11 is 6.73. The number of nitrogens with zero attached hydrogens (tertiary/aromatic N) is 1. The van der Waals surface area contributed by atoms with E-state index in [1.807, 2.05) is 13.8 Å². The molecule has 2 amide bonds. The number of benzene rings is 1. The Labute approximate surface area is 152 Å². The number of amides is 2. The number of para-hydroxylation sites is 1. The number of thiocarbonyl (C=S) groups is 1. The van der Waals surface area contributed by atoms with Crippen LogP contribution in [0.1, 0.15) is 37.0 Å². The third-order valence-corrected chi connectivity index (χ3v) is 5.08. The lowest BCUT2D eigenvalue weighted by atomic mass is 10.1. The highest BCUT2D eigenvalue weighted by atomic mass is 32.2. The van der Waals surface area contributed by atoms with Crippen molar-refractivity contribution in [1.82, 2.24) is 10.2 Å². The number of hydrogen-bond donors (Lipinski definition) is 2. The lowest BCUT2D eigenvalue weighted by Gasteiger charge is -2.17. The largest absolute Gasteiger partial charge is 0.358 e. The van der Waals surface area contributed by atoms with Gasteiger partial charge >= 0.3 is 0 Å². The average molecular weight is 366 g/mol. The summed E-state index contributed by atoms with van der Waals surface area (Å²) in [6.45, 7) is 5.75. The Morgan fingerprint density at radius 1 is 1.25 bits per heavy atom. The van der Waals surface area contributed by atoms with Crippen LogP contribution in [0.4, 0.5) is 5.69 Å². The fourth-order valence-corrected chi connectivity index (χ4v) is 3.49. The van der Waals surface area contributed by atoms with Crippen LogP contribution in [0.2, 0.25) is 0 Å². The minimum Gasteiger partial charge on any atom is -0.358 e. The van der Waals surface area contributed by atoms with E-state index in [2.05, 4.69) is 15.5 Å². The number of anilines is 1. The number of rotatable bonds is 5. The molecule has 0 spiro atoms. The van der Waals surface area contributed by atoms with Gasteiger partial charge in [0, 0.05) is 19.1 Å². The summed E-state index contributed by atoms with van der Waals surface area (Å²) in [6, 6.07) is 7.05. The van der Waals surface area contributed by atoms with Gasteiger partial charge in [-0.15, -0.1) is 0 Å². The number of likely N-dealkylation sites (tertiary alicyclic amines) is 1. The average Bonchev–Trinajstić information content (AvgIpc) is 3.07. The highest BCUT2D eigenvalue weighted by Gasteiger charge is 2.17. The van der Waals surface area contributed by atoms with Gasteiger partial charge in [-0.2, -0.15) is 0 Å². The molecule has 0 aromatic heterocycles. The van der Waals surface area contributed by atoms with Crippen molar-refractivity contribution < 1.29 is 9.59 Å². The van der Waals surface area contributed by atoms with E-state index >= 15 is 0 Å². The standard InChI is InChI=1S/C17H23N3O2S2/c1-12(2)18-16(22)13-7-3-4-8-14(13)19-15(21)11-24-17(23)20-9-5-6-10-20/h3-4,7-8,12H,5-6,9-11H2,1-2H3,(H,18,22)(H,19,21). The zero-order valence-corrected chi connectivity index (χ0v) is 15.6. The Morgan fingerprint density at radius 3 is 2.58 bits per heavy atom. The molecule has 1 aromatic rings. The molecular formula is C17H23N3O2S2. The second-order valence-corrected chi connectivity index (χ2v) is 7.58. The van der Waals surface area contributed by atoms with Crippen molar-refractivity contribution in [3.63, 3.8) is 0 Å². The van der Waals surface area contributed by atoms with Crippen LogP contribution < -0.4 is 10.6 Å². The number of hydrogen-bond acceptors (Lipinski definition) is 4. The Balaban J connectivity index is 1.91. The Hall–Kier alpha value is -1.60. The fraction of sp³-hybridized carbons (Fsp3) is 0.471. The third kappa shape index (κ3) is 5.49. The molecule has 2 rings (SSSR count). The van der Waals surface area contributed by atoms with Crippen LogP contribution in [0, 0.1) is 0 Å². The lowest BCUT2D eigenvalue weighted by molar-refractivity contribution is -0.113. The first kappa shape index (κ1) is 18.7. The smallest absolute Gasteiger partial charge is 0.253 e. The highest BCUT2D eigenvalue weighted by molar-refractivity contribution is 8.23. The van der Waals surface area contributed by atoms with E-state index in [9.17, 15) is 9.59 Å². The van der Waals surface area contributed by atoms with E-state index in [1.165, 1.54) is 11.8 Å². The normalized spacial score (nSPS) is 13.9. The van der Waals surface area contributed by atoms with Crippen LogP contribution in [0.3, 0.4) is 0 Å². The van der Waals surface area contributed by atoms with Crippen molar-refractivity contribution in [2.45, 2.75) is 32.7 Å². The molecule has 1 saturated heterocycles. The van der Waals surface area contributed by atoms with E-state index in [0.29, 0.717) is 11.3 Å². The van der Waals surface area contributed by atoms with E-state index in [4.69, 9.17) is 12.2 Å². The lowest BCUT2D eigenvalue weighted by Crippen LogP contribution is -2.31. The molecule has 1 fully saturated rings. The Morgan fingerprint density at radius 2 is 1.92 bits per heavy atom. The summed E-state index contributed by atoms with van der Waals surface area (Å²) in [7, 11) is 0. The summed E-state index contributed by atoms with van der Waals surface area (Å²) in [4.78, 5) is 26.5. The molecule has 0 aliphatic carbocycles. The molecule has 0 atom stereocenters. The van der Waals surface area contributed by atoms with E-state index in [0.717, 1.165) is 30.3 Å². The molecule has 2 N–H and O–H groups in total. The van der Waals surface area contributed by atoms with Crippen LogP contribution in [0.5, 0.6) is 0 Å². The zero-order chi connectivity index (χ0) is 17.5. The highest BCUT2D eigenvalue weighted by Crippen LogP contribution is 2.18. The summed E-state index contributed by atoms with van der Waals surface area (Å²) in [5, 5.41) is 5.65. The Kier molecular flexibility index (Phi) is 7.05. The van der Waals surface area contributed by atoms with Crippen molar-refractivity contribution in [3.8, 4) is 0 Å². The van der Waals surface area contributed by atoms with Crippen molar-refractivity contribution in [2.75, 3.05) is 24.2 Å². The summed E-state index contributed by atoms with van der Waals surface area (Å²) in [5.74, 6) is -0.109. The second-order valence-electron chi connectivity index (χ2n) is 5.97. The first-order chi connectivity index (χ1) is 11.5. The van der Waals surface area contributed by atoms with Gasteiger partial charge in [0.25, 0.3) is 5.91 Å². The Bertz CT molecular complexity index is 614. The second kappa shape index (κ2) is 9.03. The molecular weight excluding hydrogens is 342 g/mol. The number of carbonyl (C=O) groups excluding carboxylic acids is 2. The van der Waals surface area contributed by atoms with Crippen molar-refractivity contribution >= 4 is 45.8 Å². The van der Waals surface area contributed by atoms with Crippen LogP contribution in [-0.4, -0.2) is 45.9 Å². The maximum absolute atomic E-state index is 12.2. The van der Waals surface area contributed by atoms with Gasteiger partial charge in [0.2, 0.25) is 5.91 Å². The van der Waals surface area contributed by atoms with E-state index in [-0.39, 0.29) is 23.6 Å². The predicted octanol–water partition coefficient (Wildman–Crippen LogP) is 2.88. The number of nitrogens with one attached hydrogen (secondary N) is 2. The minimum absolute atomic E-state index is 0.0367. The zero-order valence-electron chi connectivity index (χ0n) is 14.0.